The van der Waals surface area contributed by atoms with Gasteiger partial charge in [0.2, 0.25) is 6.79 Å². The van der Waals surface area contributed by atoms with Crippen molar-refractivity contribution in [3.05, 3.63) is 47.7 Å². The van der Waals surface area contributed by atoms with Crippen LogP contribution in [0.2, 0.25) is 0 Å². The Bertz CT molecular complexity index is 889. The van der Waals surface area contributed by atoms with E-state index in [1.165, 1.54) is 18.4 Å². The molecule has 2 fully saturated rings. The maximum atomic E-state index is 13.0. The summed E-state index contributed by atoms with van der Waals surface area (Å²) in [6.45, 7) is 6.43. The number of aromatic nitrogens is 1. The van der Waals surface area contributed by atoms with Crippen molar-refractivity contribution in [2.24, 2.45) is 0 Å². The van der Waals surface area contributed by atoms with E-state index in [0.717, 1.165) is 68.7 Å². The Kier molecular flexibility index (Phi) is 4.97. The minimum atomic E-state index is 0.107. The predicted molar refractivity (Wildman–Crippen MR) is 109 cm³/mol. The van der Waals surface area contributed by atoms with Crippen LogP contribution in [0.3, 0.4) is 0 Å². The molecule has 0 N–H and O–H groups in total. The quantitative estimate of drug-likeness (QED) is 0.794. The first kappa shape index (κ1) is 18.2. The van der Waals surface area contributed by atoms with E-state index >= 15 is 0 Å². The van der Waals surface area contributed by atoms with Crippen molar-refractivity contribution in [2.75, 3.05) is 51.0 Å². The zero-order valence-electron chi connectivity index (χ0n) is 16.5. The SMILES string of the molecule is O=C(c1ccnc(N2CCCC2)c1)N1CCN(Cc2ccc3c(c2)OCO3)CC1. The molecular formula is C22H26N4O3. The highest BCUT2D eigenvalue weighted by Gasteiger charge is 2.24. The third kappa shape index (κ3) is 3.87. The molecule has 7 heteroatoms. The van der Waals surface area contributed by atoms with Crippen molar-refractivity contribution in [1.29, 1.82) is 0 Å². The van der Waals surface area contributed by atoms with Crippen LogP contribution in [-0.2, 0) is 6.54 Å². The van der Waals surface area contributed by atoms with Gasteiger partial charge in [0, 0.05) is 57.6 Å². The first-order valence-corrected chi connectivity index (χ1v) is 10.4. The number of anilines is 1. The molecule has 7 nitrogen and oxygen atoms in total. The molecule has 0 aliphatic carbocycles. The molecule has 0 saturated carbocycles. The number of carbonyl (C=O) groups is 1. The van der Waals surface area contributed by atoms with Gasteiger partial charge in [-0.1, -0.05) is 6.07 Å². The number of fused-ring (bicyclic) bond motifs is 1. The van der Waals surface area contributed by atoms with E-state index in [1.807, 2.05) is 23.1 Å². The van der Waals surface area contributed by atoms with Crippen LogP contribution in [0.4, 0.5) is 5.82 Å². The van der Waals surface area contributed by atoms with Gasteiger partial charge in [0.1, 0.15) is 5.82 Å². The van der Waals surface area contributed by atoms with E-state index in [0.29, 0.717) is 6.79 Å². The maximum absolute atomic E-state index is 13.0. The van der Waals surface area contributed by atoms with Gasteiger partial charge < -0.3 is 19.3 Å². The lowest BCUT2D eigenvalue weighted by molar-refractivity contribution is 0.0628. The van der Waals surface area contributed by atoms with Crippen LogP contribution in [-0.4, -0.2) is 66.8 Å². The summed E-state index contributed by atoms with van der Waals surface area (Å²) in [5.74, 6) is 2.67. The van der Waals surface area contributed by atoms with Gasteiger partial charge in [-0.25, -0.2) is 4.98 Å². The highest BCUT2D eigenvalue weighted by molar-refractivity contribution is 5.95. The van der Waals surface area contributed by atoms with E-state index in [4.69, 9.17) is 9.47 Å². The molecule has 1 aromatic heterocycles. The summed E-state index contributed by atoms with van der Waals surface area (Å²) in [4.78, 5) is 24.1. The third-order valence-corrected chi connectivity index (χ3v) is 5.93. The Morgan fingerprint density at radius 2 is 1.72 bits per heavy atom. The molecule has 0 spiro atoms. The second-order valence-electron chi connectivity index (χ2n) is 7.85. The molecule has 0 bridgehead atoms. The predicted octanol–water partition coefficient (Wildman–Crippen LogP) is 2.37. The minimum Gasteiger partial charge on any atom is -0.454 e. The fourth-order valence-corrected chi connectivity index (χ4v) is 4.26. The zero-order chi connectivity index (χ0) is 19.6. The monoisotopic (exact) mass is 394 g/mol. The number of amides is 1. The lowest BCUT2D eigenvalue weighted by Crippen LogP contribution is -2.48. The largest absolute Gasteiger partial charge is 0.454 e. The summed E-state index contributed by atoms with van der Waals surface area (Å²) in [5, 5.41) is 0. The van der Waals surface area contributed by atoms with Gasteiger partial charge in [0.25, 0.3) is 5.91 Å². The second-order valence-corrected chi connectivity index (χ2v) is 7.85. The molecule has 4 heterocycles. The van der Waals surface area contributed by atoms with Crippen molar-refractivity contribution in [3.8, 4) is 11.5 Å². The van der Waals surface area contributed by atoms with E-state index < -0.39 is 0 Å². The van der Waals surface area contributed by atoms with Gasteiger partial charge in [-0.15, -0.1) is 0 Å². The molecule has 0 radical (unpaired) electrons. The molecule has 5 rings (SSSR count). The molecule has 2 aromatic rings. The fraction of sp³-hybridized carbons (Fsp3) is 0.455. The third-order valence-electron chi connectivity index (χ3n) is 5.93. The summed E-state index contributed by atoms with van der Waals surface area (Å²) in [5.41, 5.74) is 1.95. The van der Waals surface area contributed by atoms with Gasteiger partial charge >= 0.3 is 0 Å². The lowest BCUT2D eigenvalue weighted by atomic mass is 10.1. The molecule has 3 aliphatic rings. The smallest absolute Gasteiger partial charge is 0.254 e. The minimum absolute atomic E-state index is 0.107. The maximum Gasteiger partial charge on any atom is 0.254 e. The summed E-state index contributed by atoms with van der Waals surface area (Å²) in [6, 6.07) is 9.89. The van der Waals surface area contributed by atoms with Crippen molar-refractivity contribution < 1.29 is 14.3 Å². The van der Waals surface area contributed by atoms with Gasteiger partial charge in [-0.05, 0) is 42.7 Å². The van der Waals surface area contributed by atoms with Gasteiger partial charge in [-0.3, -0.25) is 9.69 Å². The van der Waals surface area contributed by atoms with Crippen LogP contribution in [0, 0.1) is 0 Å². The van der Waals surface area contributed by atoms with Gasteiger partial charge in [0.15, 0.2) is 11.5 Å². The topological polar surface area (TPSA) is 58.1 Å². The molecule has 0 unspecified atom stereocenters. The number of ether oxygens (including phenoxy) is 2. The highest BCUT2D eigenvalue weighted by Crippen LogP contribution is 2.32. The van der Waals surface area contributed by atoms with Crippen LogP contribution in [0.15, 0.2) is 36.5 Å². The number of nitrogens with zero attached hydrogens (tertiary/aromatic N) is 4. The van der Waals surface area contributed by atoms with Gasteiger partial charge in [0.05, 0.1) is 0 Å². The molecule has 3 aliphatic heterocycles. The molecular weight excluding hydrogens is 368 g/mol. The van der Waals surface area contributed by atoms with Crippen LogP contribution < -0.4 is 14.4 Å². The van der Waals surface area contributed by atoms with Crippen molar-refractivity contribution >= 4 is 11.7 Å². The van der Waals surface area contributed by atoms with Crippen LogP contribution in [0.1, 0.15) is 28.8 Å². The number of hydrogen-bond acceptors (Lipinski definition) is 6. The van der Waals surface area contributed by atoms with E-state index in [9.17, 15) is 4.79 Å². The summed E-state index contributed by atoms with van der Waals surface area (Å²) >= 11 is 0. The number of hydrogen-bond donors (Lipinski definition) is 0. The van der Waals surface area contributed by atoms with Gasteiger partial charge in [-0.2, -0.15) is 0 Å². The highest BCUT2D eigenvalue weighted by atomic mass is 16.7. The number of pyridine rings is 1. The number of rotatable bonds is 4. The van der Waals surface area contributed by atoms with Crippen LogP contribution in [0.5, 0.6) is 11.5 Å². The zero-order valence-corrected chi connectivity index (χ0v) is 16.5. The standard InChI is InChI=1S/C22H26N4O3/c27-22(18-5-6-23-21(14-18)25-7-1-2-8-25)26-11-9-24(10-12-26)15-17-3-4-19-20(13-17)29-16-28-19/h3-6,13-14H,1-2,7-12,15-16H2. The molecule has 1 aromatic carbocycles. The van der Waals surface area contributed by atoms with Crippen LogP contribution in [0.25, 0.3) is 0 Å². The molecule has 0 atom stereocenters. The Morgan fingerprint density at radius 3 is 2.55 bits per heavy atom. The first-order chi connectivity index (χ1) is 14.3. The van der Waals surface area contributed by atoms with E-state index in [-0.39, 0.29) is 5.91 Å². The average molecular weight is 394 g/mol. The average Bonchev–Trinajstić information content (AvgIpc) is 3.46. The Labute approximate surface area is 170 Å². The van der Waals surface area contributed by atoms with Crippen molar-refractivity contribution in [3.63, 3.8) is 0 Å². The molecule has 1 amide bonds. The Balaban J connectivity index is 1.18. The van der Waals surface area contributed by atoms with E-state index in [2.05, 4.69) is 26.9 Å². The first-order valence-electron chi connectivity index (χ1n) is 10.4. The molecule has 152 valence electrons. The summed E-state index contributed by atoms with van der Waals surface area (Å²) in [7, 11) is 0. The number of carbonyl (C=O) groups excluding carboxylic acids is 1. The van der Waals surface area contributed by atoms with Crippen LogP contribution >= 0.6 is 0 Å². The Hall–Kier alpha value is -2.80. The summed E-state index contributed by atoms with van der Waals surface area (Å²) in [6.07, 6.45) is 4.16. The normalized spacial score (nSPS) is 19.0. The number of benzene rings is 1. The molecule has 2 saturated heterocycles. The fourth-order valence-electron chi connectivity index (χ4n) is 4.26. The van der Waals surface area contributed by atoms with E-state index in [1.54, 1.807) is 6.20 Å². The number of piperazine rings is 1. The Morgan fingerprint density at radius 1 is 0.931 bits per heavy atom. The van der Waals surface area contributed by atoms with Crippen molar-refractivity contribution in [1.82, 2.24) is 14.8 Å². The molecule has 29 heavy (non-hydrogen) atoms. The second kappa shape index (κ2) is 7.91. The lowest BCUT2D eigenvalue weighted by Gasteiger charge is -2.35. The van der Waals surface area contributed by atoms with Crippen molar-refractivity contribution in [2.45, 2.75) is 19.4 Å². The summed E-state index contributed by atoms with van der Waals surface area (Å²) < 4.78 is 10.8.